The summed E-state index contributed by atoms with van der Waals surface area (Å²) in [5, 5.41) is 1.01. The summed E-state index contributed by atoms with van der Waals surface area (Å²) in [6.07, 6.45) is 9.07. The molecular formula is C22H26N6O. The summed E-state index contributed by atoms with van der Waals surface area (Å²) >= 11 is 0. The van der Waals surface area contributed by atoms with Crippen molar-refractivity contribution in [2.75, 3.05) is 31.1 Å². The number of benzene rings is 1. The minimum Gasteiger partial charge on any atom is -0.474 e. The van der Waals surface area contributed by atoms with E-state index < -0.39 is 0 Å². The van der Waals surface area contributed by atoms with E-state index in [1.54, 1.807) is 12.5 Å². The van der Waals surface area contributed by atoms with Crippen LogP contribution in [-0.4, -0.2) is 57.1 Å². The van der Waals surface area contributed by atoms with Crippen molar-refractivity contribution in [1.29, 1.82) is 0 Å². The van der Waals surface area contributed by atoms with Gasteiger partial charge in [-0.2, -0.15) is 0 Å². The second-order valence-electron chi connectivity index (χ2n) is 7.97. The molecule has 2 aromatic heterocycles. The lowest BCUT2D eigenvalue weighted by atomic mass is 9.96. The minimum atomic E-state index is 0.310. The second-order valence-corrected chi connectivity index (χ2v) is 7.97. The Balaban J connectivity index is 1.28. The van der Waals surface area contributed by atoms with Gasteiger partial charge in [0.25, 0.3) is 0 Å². The molecule has 3 aromatic rings. The van der Waals surface area contributed by atoms with E-state index in [0.29, 0.717) is 6.10 Å². The van der Waals surface area contributed by atoms with Gasteiger partial charge in [0.05, 0.1) is 22.3 Å². The van der Waals surface area contributed by atoms with Crippen LogP contribution < -0.4 is 9.64 Å². The monoisotopic (exact) mass is 390 g/mol. The molecule has 0 spiro atoms. The fourth-order valence-corrected chi connectivity index (χ4v) is 3.94. The Morgan fingerprint density at radius 2 is 1.93 bits per heavy atom. The molecule has 2 fully saturated rings. The fourth-order valence-electron chi connectivity index (χ4n) is 3.94. The van der Waals surface area contributed by atoms with E-state index in [-0.39, 0.29) is 0 Å². The predicted molar refractivity (Wildman–Crippen MR) is 112 cm³/mol. The van der Waals surface area contributed by atoms with Crippen molar-refractivity contribution >= 4 is 16.6 Å². The maximum Gasteiger partial charge on any atom is 0.224 e. The number of nitrogens with zero attached hydrogens (tertiary/aromatic N) is 6. The van der Waals surface area contributed by atoms with Gasteiger partial charge >= 0.3 is 0 Å². The highest BCUT2D eigenvalue weighted by Gasteiger charge is 2.22. The predicted octanol–water partition coefficient (Wildman–Crippen LogP) is 2.98. The molecule has 1 aliphatic heterocycles. The van der Waals surface area contributed by atoms with Gasteiger partial charge in [0.1, 0.15) is 12.4 Å². The lowest BCUT2D eigenvalue weighted by Gasteiger charge is -2.36. The molecule has 0 radical (unpaired) electrons. The minimum absolute atomic E-state index is 0.310. The third kappa shape index (κ3) is 4.00. The van der Waals surface area contributed by atoms with Crippen LogP contribution in [0.2, 0.25) is 0 Å². The molecule has 0 bridgehead atoms. The molecule has 7 nitrogen and oxygen atoms in total. The van der Waals surface area contributed by atoms with Gasteiger partial charge in [-0.25, -0.2) is 9.97 Å². The number of anilines is 1. The number of hydrogen-bond acceptors (Lipinski definition) is 7. The van der Waals surface area contributed by atoms with Crippen molar-refractivity contribution in [3.63, 3.8) is 0 Å². The van der Waals surface area contributed by atoms with Gasteiger partial charge in [-0.3, -0.25) is 14.9 Å². The Bertz CT molecular complexity index is 998. The molecule has 150 valence electrons. The van der Waals surface area contributed by atoms with Crippen LogP contribution in [0, 0.1) is 6.92 Å². The first-order valence-electron chi connectivity index (χ1n) is 10.4. The lowest BCUT2D eigenvalue weighted by molar-refractivity contribution is 0.116. The average molecular weight is 390 g/mol. The SMILES string of the molecule is Cc1cncc(CN2CCN(c3ccc4ncnc(OC5CCC5)c4c3)CC2)n1. The largest absolute Gasteiger partial charge is 0.474 e. The van der Waals surface area contributed by atoms with Crippen LogP contribution >= 0.6 is 0 Å². The number of fused-ring (bicyclic) bond motifs is 1. The molecule has 0 atom stereocenters. The zero-order valence-electron chi connectivity index (χ0n) is 16.8. The van der Waals surface area contributed by atoms with E-state index in [4.69, 9.17) is 4.74 Å². The Hall–Kier alpha value is -2.80. The first-order valence-corrected chi connectivity index (χ1v) is 10.4. The third-order valence-corrected chi connectivity index (χ3v) is 5.84. The summed E-state index contributed by atoms with van der Waals surface area (Å²) in [7, 11) is 0. The zero-order valence-corrected chi connectivity index (χ0v) is 16.8. The Labute approximate surface area is 170 Å². The van der Waals surface area contributed by atoms with Crippen molar-refractivity contribution in [2.45, 2.75) is 38.8 Å². The van der Waals surface area contributed by atoms with Gasteiger partial charge in [0.2, 0.25) is 5.88 Å². The van der Waals surface area contributed by atoms with Crippen LogP contribution in [0.4, 0.5) is 5.69 Å². The third-order valence-electron chi connectivity index (χ3n) is 5.84. The molecule has 1 saturated carbocycles. The number of aromatic nitrogens is 4. The molecule has 1 saturated heterocycles. The standard InChI is InChI=1S/C22H26N6O/c1-16-12-23-13-17(26-16)14-27-7-9-28(10-8-27)18-5-6-21-20(11-18)22(25-15-24-21)29-19-3-2-4-19/h5-6,11-13,15,19H,2-4,7-10,14H2,1H3. The second kappa shape index (κ2) is 7.91. The van der Waals surface area contributed by atoms with Gasteiger partial charge in [-0.15, -0.1) is 0 Å². The van der Waals surface area contributed by atoms with Gasteiger partial charge in [0, 0.05) is 50.8 Å². The topological polar surface area (TPSA) is 67.3 Å². The van der Waals surface area contributed by atoms with E-state index in [2.05, 4.69) is 47.9 Å². The lowest BCUT2D eigenvalue weighted by Crippen LogP contribution is -2.46. The van der Waals surface area contributed by atoms with E-state index in [1.807, 2.05) is 13.1 Å². The van der Waals surface area contributed by atoms with Crippen LogP contribution in [-0.2, 0) is 6.54 Å². The van der Waals surface area contributed by atoms with Crippen molar-refractivity contribution in [3.05, 3.63) is 48.3 Å². The Kier molecular flexibility index (Phi) is 4.97. The van der Waals surface area contributed by atoms with E-state index in [9.17, 15) is 0 Å². The van der Waals surface area contributed by atoms with Crippen LogP contribution in [0.25, 0.3) is 10.9 Å². The molecule has 7 heteroatoms. The maximum atomic E-state index is 6.11. The first kappa shape index (κ1) is 18.2. The summed E-state index contributed by atoms with van der Waals surface area (Å²) < 4.78 is 6.11. The quantitative estimate of drug-likeness (QED) is 0.663. The summed E-state index contributed by atoms with van der Waals surface area (Å²) in [5.41, 5.74) is 4.16. The highest BCUT2D eigenvalue weighted by Crippen LogP contribution is 2.31. The highest BCUT2D eigenvalue weighted by atomic mass is 16.5. The Morgan fingerprint density at radius 3 is 2.69 bits per heavy atom. The van der Waals surface area contributed by atoms with Gasteiger partial charge < -0.3 is 9.64 Å². The molecule has 1 aliphatic carbocycles. The highest BCUT2D eigenvalue weighted by molar-refractivity contribution is 5.86. The smallest absolute Gasteiger partial charge is 0.224 e. The number of ether oxygens (including phenoxy) is 1. The van der Waals surface area contributed by atoms with Gasteiger partial charge in [0.15, 0.2) is 0 Å². The normalized spacial score (nSPS) is 18.0. The molecule has 2 aliphatic rings. The van der Waals surface area contributed by atoms with Crippen LogP contribution in [0.1, 0.15) is 30.7 Å². The van der Waals surface area contributed by atoms with Gasteiger partial charge in [-0.1, -0.05) is 0 Å². The van der Waals surface area contributed by atoms with Crippen LogP contribution in [0.3, 0.4) is 0 Å². The number of hydrogen-bond donors (Lipinski definition) is 0. The van der Waals surface area contributed by atoms with Gasteiger partial charge in [-0.05, 0) is 44.4 Å². The maximum absolute atomic E-state index is 6.11. The first-order chi connectivity index (χ1) is 14.2. The molecule has 0 unspecified atom stereocenters. The van der Waals surface area contributed by atoms with Crippen molar-refractivity contribution in [2.24, 2.45) is 0 Å². The van der Waals surface area contributed by atoms with E-state index in [1.165, 1.54) is 12.1 Å². The number of aryl methyl sites for hydroxylation is 1. The molecule has 29 heavy (non-hydrogen) atoms. The number of piperazine rings is 1. The average Bonchev–Trinajstić information content (AvgIpc) is 2.71. The molecule has 0 amide bonds. The molecule has 3 heterocycles. The van der Waals surface area contributed by atoms with Crippen molar-refractivity contribution in [3.8, 4) is 5.88 Å². The van der Waals surface area contributed by atoms with Crippen molar-refractivity contribution in [1.82, 2.24) is 24.8 Å². The summed E-state index contributed by atoms with van der Waals surface area (Å²) in [5.74, 6) is 0.721. The van der Waals surface area contributed by atoms with E-state index in [0.717, 1.165) is 73.7 Å². The molecule has 0 N–H and O–H groups in total. The Morgan fingerprint density at radius 1 is 1.07 bits per heavy atom. The molecule has 1 aromatic carbocycles. The van der Waals surface area contributed by atoms with Crippen LogP contribution in [0.15, 0.2) is 36.9 Å². The summed E-state index contributed by atoms with van der Waals surface area (Å²) in [6, 6.07) is 6.42. The molecule has 5 rings (SSSR count). The fraction of sp³-hybridized carbons (Fsp3) is 0.455. The van der Waals surface area contributed by atoms with Crippen molar-refractivity contribution < 1.29 is 4.74 Å². The van der Waals surface area contributed by atoms with E-state index >= 15 is 0 Å². The van der Waals surface area contributed by atoms with Crippen LogP contribution in [0.5, 0.6) is 5.88 Å². The molecular weight excluding hydrogens is 364 g/mol. The zero-order chi connectivity index (χ0) is 19.6. The summed E-state index contributed by atoms with van der Waals surface area (Å²) in [6.45, 7) is 6.82. The number of rotatable bonds is 5. The summed E-state index contributed by atoms with van der Waals surface area (Å²) in [4.78, 5) is 22.5.